The second kappa shape index (κ2) is 4.04. The quantitative estimate of drug-likeness (QED) is 0.616. The topological polar surface area (TPSA) is 30.7 Å². The summed E-state index contributed by atoms with van der Waals surface area (Å²) in [6, 6.07) is 6.54. The van der Waals surface area contributed by atoms with E-state index in [1.165, 1.54) is 16.7 Å². The number of hydrogen-bond donors (Lipinski definition) is 0. The largest absolute Gasteiger partial charge is 0.281 e. The van der Waals surface area contributed by atoms with Crippen molar-refractivity contribution in [1.29, 1.82) is 0 Å². The first-order valence-corrected chi connectivity index (χ1v) is 6.76. The maximum Gasteiger partial charge on any atom is 0.195 e. The van der Waals surface area contributed by atoms with E-state index in [2.05, 4.69) is 52.2 Å². The summed E-state index contributed by atoms with van der Waals surface area (Å²) in [5, 5.41) is 9.37. The average Bonchev–Trinajstić information content (AvgIpc) is 2.63. The zero-order valence-corrected chi connectivity index (χ0v) is 10.7. The van der Waals surface area contributed by atoms with Gasteiger partial charge in [0, 0.05) is 12.6 Å². The van der Waals surface area contributed by atoms with Crippen LogP contribution >= 0.6 is 11.8 Å². The lowest BCUT2D eigenvalue weighted by atomic mass is 10.0. The van der Waals surface area contributed by atoms with Gasteiger partial charge in [0.05, 0.1) is 0 Å². The Bertz CT molecular complexity index is 599. The van der Waals surface area contributed by atoms with E-state index in [0.29, 0.717) is 0 Å². The molecule has 0 saturated carbocycles. The molecule has 0 radical (unpaired) electrons. The third-order valence-corrected chi connectivity index (χ3v) is 3.61. The summed E-state index contributed by atoms with van der Waals surface area (Å²) in [6.45, 7) is 2.12. The first-order valence-electron chi connectivity index (χ1n) is 5.53. The van der Waals surface area contributed by atoms with Gasteiger partial charge in [0.2, 0.25) is 0 Å². The number of hydrogen-bond acceptors (Lipinski definition) is 3. The van der Waals surface area contributed by atoms with E-state index in [1.54, 1.807) is 11.8 Å². The van der Waals surface area contributed by atoms with Gasteiger partial charge in [-0.1, -0.05) is 35.5 Å². The molecule has 0 amide bonds. The highest BCUT2D eigenvalue weighted by atomic mass is 32.2. The van der Waals surface area contributed by atoms with Crippen LogP contribution in [0.2, 0.25) is 0 Å². The molecule has 0 fully saturated rings. The SMILES string of the molecule is CSc1nnc2n1C=Cc1cc(C)ccc1C2. The van der Waals surface area contributed by atoms with Gasteiger partial charge in [0.1, 0.15) is 5.82 Å². The van der Waals surface area contributed by atoms with Crippen LogP contribution in [0.15, 0.2) is 23.4 Å². The number of aryl methyl sites for hydroxylation is 1. The normalized spacial score (nSPS) is 13.1. The molecule has 0 atom stereocenters. The van der Waals surface area contributed by atoms with Gasteiger partial charge in [0.25, 0.3) is 0 Å². The molecule has 17 heavy (non-hydrogen) atoms. The predicted octanol–water partition coefficient (Wildman–Crippen LogP) is 2.84. The number of benzene rings is 1. The van der Waals surface area contributed by atoms with Crippen molar-refractivity contribution in [3.05, 3.63) is 40.7 Å². The molecule has 0 N–H and O–H groups in total. The monoisotopic (exact) mass is 243 g/mol. The summed E-state index contributed by atoms with van der Waals surface area (Å²) >= 11 is 1.62. The van der Waals surface area contributed by atoms with Crippen molar-refractivity contribution in [2.24, 2.45) is 0 Å². The molecular weight excluding hydrogens is 230 g/mol. The molecule has 1 aliphatic rings. The van der Waals surface area contributed by atoms with E-state index in [9.17, 15) is 0 Å². The Balaban J connectivity index is 2.13. The smallest absolute Gasteiger partial charge is 0.195 e. The van der Waals surface area contributed by atoms with Crippen LogP contribution < -0.4 is 0 Å². The fourth-order valence-electron chi connectivity index (χ4n) is 2.07. The Labute approximate surface area is 105 Å². The molecule has 0 unspecified atom stereocenters. The standard InChI is InChI=1S/C13H13N3S/c1-9-3-4-10-8-12-14-15-13(17-2)16(12)6-5-11(10)7-9/h3-7H,8H2,1-2H3. The van der Waals surface area contributed by atoms with Gasteiger partial charge in [-0.05, 0) is 30.4 Å². The van der Waals surface area contributed by atoms with E-state index in [0.717, 1.165) is 17.4 Å². The van der Waals surface area contributed by atoms with Crippen molar-refractivity contribution in [2.75, 3.05) is 6.26 Å². The summed E-state index contributed by atoms with van der Waals surface area (Å²) in [5.41, 5.74) is 3.88. The fraction of sp³-hybridized carbons (Fsp3) is 0.231. The van der Waals surface area contributed by atoms with Crippen LogP contribution in [0, 0.1) is 6.92 Å². The maximum absolute atomic E-state index is 4.25. The Kier molecular flexibility index (Phi) is 2.52. The van der Waals surface area contributed by atoms with Crippen molar-refractivity contribution < 1.29 is 0 Å². The lowest BCUT2D eigenvalue weighted by Gasteiger charge is -2.03. The predicted molar refractivity (Wildman–Crippen MR) is 71.0 cm³/mol. The number of fused-ring (bicyclic) bond motifs is 2. The van der Waals surface area contributed by atoms with Crippen LogP contribution in [-0.2, 0) is 6.42 Å². The zero-order valence-electron chi connectivity index (χ0n) is 9.84. The molecule has 3 nitrogen and oxygen atoms in total. The minimum atomic E-state index is 0.843. The lowest BCUT2D eigenvalue weighted by Crippen LogP contribution is -1.97. The van der Waals surface area contributed by atoms with Crippen molar-refractivity contribution >= 4 is 24.0 Å². The molecule has 4 heteroatoms. The van der Waals surface area contributed by atoms with E-state index in [1.807, 2.05) is 6.26 Å². The van der Waals surface area contributed by atoms with Crippen LogP contribution in [0.1, 0.15) is 22.5 Å². The minimum Gasteiger partial charge on any atom is -0.281 e. The second-order valence-electron chi connectivity index (χ2n) is 4.17. The van der Waals surface area contributed by atoms with Gasteiger partial charge in [-0.25, -0.2) is 0 Å². The average molecular weight is 243 g/mol. The third kappa shape index (κ3) is 1.78. The number of nitrogens with zero attached hydrogens (tertiary/aromatic N) is 3. The van der Waals surface area contributed by atoms with E-state index < -0.39 is 0 Å². The summed E-state index contributed by atoms with van der Waals surface area (Å²) in [7, 11) is 0. The molecule has 2 aromatic rings. The molecule has 1 aliphatic heterocycles. The van der Waals surface area contributed by atoms with Gasteiger partial charge in [-0.2, -0.15) is 0 Å². The lowest BCUT2D eigenvalue weighted by molar-refractivity contribution is 0.901. The summed E-state index contributed by atoms with van der Waals surface area (Å²) < 4.78 is 2.07. The van der Waals surface area contributed by atoms with Crippen molar-refractivity contribution in [2.45, 2.75) is 18.5 Å². The van der Waals surface area contributed by atoms with Crippen LogP contribution in [0.5, 0.6) is 0 Å². The van der Waals surface area contributed by atoms with Crippen LogP contribution in [0.3, 0.4) is 0 Å². The Morgan fingerprint density at radius 1 is 1.29 bits per heavy atom. The van der Waals surface area contributed by atoms with Gasteiger partial charge >= 0.3 is 0 Å². The molecule has 1 aromatic heterocycles. The number of rotatable bonds is 1. The van der Waals surface area contributed by atoms with Crippen LogP contribution in [-0.4, -0.2) is 21.0 Å². The molecule has 3 rings (SSSR count). The van der Waals surface area contributed by atoms with Gasteiger partial charge in [-0.15, -0.1) is 10.2 Å². The zero-order chi connectivity index (χ0) is 11.8. The minimum absolute atomic E-state index is 0.843. The van der Waals surface area contributed by atoms with E-state index in [-0.39, 0.29) is 0 Å². The van der Waals surface area contributed by atoms with E-state index in [4.69, 9.17) is 0 Å². The summed E-state index contributed by atoms with van der Waals surface area (Å²) in [5.74, 6) is 1.01. The maximum atomic E-state index is 4.25. The first-order chi connectivity index (χ1) is 8.28. The molecule has 0 bridgehead atoms. The summed E-state index contributed by atoms with van der Waals surface area (Å²) in [6.07, 6.45) is 7.07. The first kappa shape index (κ1) is 10.6. The van der Waals surface area contributed by atoms with Crippen molar-refractivity contribution in [3.8, 4) is 0 Å². The number of aromatic nitrogens is 3. The Morgan fingerprint density at radius 3 is 3.00 bits per heavy atom. The van der Waals surface area contributed by atoms with Crippen LogP contribution in [0.4, 0.5) is 0 Å². The third-order valence-electron chi connectivity index (χ3n) is 2.97. The van der Waals surface area contributed by atoms with Crippen molar-refractivity contribution in [1.82, 2.24) is 14.8 Å². The number of thioether (sulfide) groups is 1. The van der Waals surface area contributed by atoms with Crippen LogP contribution in [0.25, 0.3) is 12.3 Å². The fourth-order valence-corrected chi connectivity index (χ4v) is 2.56. The van der Waals surface area contributed by atoms with E-state index >= 15 is 0 Å². The highest BCUT2D eigenvalue weighted by Crippen LogP contribution is 2.24. The second-order valence-corrected chi connectivity index (χ2v) is 4.94. The van der Waals surface area contributed by atoms with Gasteiger partial charge in [0.15, 0.2) is 5.16 Å². The molecule has 2 heterocycles. The van der Waals surface area contributed by atoms with Gasteiger partial charge < -0.3 is 0 Å². The Morgan fingerprint density at radius 2 is 2.18 bits per heavy atom. The molecule has 0 saturated heterocycles. The van der Waals surface area contributed by atoms with Gasteiger partial charge in [-0.3, -0.25) is 4.57 Å². The van der Waals surface area contributed by atoms with Crippen molar-refractivity contribution in [3.63, 3.8) is 0 Å². The molecular formula is C13H13N3S. The molecule has 0 spiro atoms. The molecule has 0 aliphatic carbocycles. The summed E-state index contributed by atoms with van der Waals surface area (Å²) in [4.78, 5) is 0. The molecule has 86 valence electrons. The highest BCUT2D eigenvalue weighted by molar-refractivity contribution is 7.98. The highest BCUT2D eigenvalue weighted by Gasteiger charge is 2.14. The molecule has 1 aromatic carbocycles. The Hall–Kier alpha value is -1.55.